The van der Waals surface area contributed by atoms with Crippen molar-refractivity contribution in [1.29, 1.82) is 0 Å². The summed E-state index contributed by atoms with van der Waals surface area (Å²) < 4.78 is 23.9. The highest BCUT2D eigenvalue weighted by molar-refractivity contribution is 6.30. The molecule has 0 spiro atoms. The molecule has 10 heteroatoms. The van der Waals surface area contributed by atoms with E-state index in [0.717, 1.165) is 11.3 Å². The quantitative estimate of drug-likeness (QED) is 0.461. The number of methoxy groups -OCH3 is 2. The number of halogens is 1. The topological polar surface area (TPSA) is 97.3 Å². The van der Waals surface area contributed by atoms with E-state index in [1.54, 1.807) is 32.4 Å². The summed E-state index contributed by atoms with van der Waals surface area (Å²) in [4.78, 5) is 4.49. The Morgan fingerprint density at radius 3 is 2.52 bits per heavy atom. The minimum absolute atomic E-state index is 0.135. The Hall–Kier alpha value is -3.43. The van der Waals surface area contributed by atoms with Crippen LogP contribution in [-0.4, -0.2) is 39.4 Å². The number of rotatable bonds is 5. The van der Waals surface area contributed by atoms with Crippen LogP contribution in [0.4, 0.5) is 0 Å². The lowest BCUT2D eigenvalue weighted by Gasteiger charge is -2.24. The Morgan fingerprint density at radius 2 is 1.81 bits per heavy atom. The van der Waals surface area contributed by atoms with E-state index in [-0.39, 0.29) is 6.10 Å². The first kappa shape index (κ1) is 19.5. The summed E-state index contributed by atoms with van der Waals surface area (Å²) in [6.07, 6.45) is -0.135. The van der Waals surface area contributed by atoms with Crippen LogP contribution in [-0.2, 0) is 17.9 Å². The van der Waals surface area contributed by atoms with Gasteiger partial charge in [-0.15, -0.1) is 5.10 Å². The second-order valence-corrected chi connectivity index (χ2v) is 7.38. The van der Waals surface area contributed by atoms with Crippen molar-refractivity contribution in [2.24, 2.45) is 0 Å². The molecular weight excluding hydrogens is 422 g/mol. The van der Waals surface area contributed by atoms with E-state index in [0.29, 0.717) is 52.6 Å². The van der Waals surface area contributed by atoms with Gasteiger partial charge in [-0.1, -0.05) is 34.1 Å². The fraction of sp³-hybridized carbons (Fsp3) is 0.238. The van der Waals surface area contributed by atoms with Crippen LogP contribution in [0.1, 0.15) is 17.4 Å². The summed E-state index contributed by atoms with van der Waals surface area (Å²) in [7, 11) is 3.16. The molecule has 0 fully saturated rings. The number of benzene rings is 2. The molecule has 4 aromatic rings. The molecule has 0 saturated carbocycles. The molecule has 0 N–H and O–H groups in total. The Labute approximate surface area is 182 Å². The van der Waals surface area contributed by atoms with Gasteiger partial charge in [-0.3, -0.25) is 0 Å². The average Bonchev–Trinajstić information content (AvgIpc) is 3.46. The summed E-state index contributed by atoms with van der Waals surface area (Å²) in [6, 6.07) is 12.9. The first-order valence-corrected chi connectivity index (χ1v) is 9.89. The van der Waals surface area contributed by atoms with Crippen molar-refractivity contribution in [3.63, 3.8) is 0 Å². The minimum Gasteiger partial charge on any atom is -0.497 e. The molecule has 9 nitrogen and oxygen atoms in total. The molecule has 0 aliphatic carbocycles. The van der Waals surface area contributed by atoms with E-state index in [2.05, 4.69) is 20.5 Å². The Kier molecular flexibility index (Phi) is 5.05. The van der Waals surface area contributed by atoms with Crippen molar-refractivity contribution in [3.05, 3.63) is 58.7 Å². The predicted molar refractivity (Wildman–Crippen MR) is 111 cm³/mol. The highest BCUT2D eigenvalue weighted by atomic mass is 35.5. The van der Waals surface area contributed by atoms with Gasteiger partial charge in [0.05, 0.1) is 33.1 Å². The highest BCUT2D eigenvalue weighted by Gasteiger charge is 2.27. The number of ether oxygens (including phenoxy) is 3. The van der Waals surface area contributed by atoms with Gasteiger partial charge in [0.25, 0.3) is 5.89 Å². The number of hydrogen-bond acceptors (Lipinski definition) is 8. The maximum Gasteiger partial charge on any atom is 0.258 e. The van der Waals surface area contributed by atoms with Crippen LogP contribution in [0.25, 0.3) is 23.0 Å². The third-order valence-electron chi connectivity index (χ3n) is 5.08. The van der Waals surface area contributed by atoms with E-state index in [4.69, 9.17) is 30.3 Å². The molecule has 158 valence electrons. The van der Waals surface area contributed by atoms with Crippen molar-refractivity contribution in [2.75, 3.05) is 14.2 Å². The van der Waals surface area contributed by atoms with Crippen molar-refractivity contribution < 1.29 is 18.7 Å². The molecule has 0 bridgehead atoms. The minimum atomic E-state index is -0.135. The van der Waals surface area contributed by atoms with E-state index >= 15 is 0 Å². The van der Waals surface area contributed by atoms with Gasteiger partial charge in [0.15, 0.2) is 5.69 Å². The van der Waals surface area contributed by atoms with Crippen LogP contribution in [0.3, 0.4) is 0 Å². The third-order valence-corrected chi connectivity index (χ3v) is 5.33. The summed E-state index contributed by atoms with van der Waals surface area (Å²) in [5.41, 5.74) is 3.02. The molecule has 1 aliphatic rings. The zero-order chi connectivity index (χ0) is 21.4. The van der Waals surface area contributed by atoms with Crippen LogP contribution < -0.4 is 9.47 Å². The fourth-order valence-electron chi connectivity index (χ4n) is 3.43. The third kappa shape index (κ3) is 3.73. The maximum absolute atomic E-state index is 6.04. The molecule has 2 aromatic heterocycles. The van der Waals surface area contributed by atoms with Gasteiger partial charge in [0.1, 0.15) is 17.6 Å². The first-order chi connectivity index (χ1) is 15.1. The van der Waals surface area contributed by atoms with Crippen molar-refractivity contribution in [2.45, 2.75) is 19.3 Å². The van der Waals surface area contributed by atoms with Crippen LogP contribution in [0.15, 0.2) is 47.0 Å². The van der Waals surface area contributed by atoms with E-state index in [9.17, 15) is 0 Å². The van der Waals surface area contributed by atoms with Crippen molar-refractivity contribution in [1.82, 2.24) is 25.1 Å². The first-order valence-electron chi connectivity index (χ1n) is 9.51. The van der Waals surface area contributed by atoms with Crippen LogP contribution >= 0.6 is 11.6 Å². The van der Waals surface area contributed by atoms with Crippen LogP contribution in [0.5, 0.6) is 11.5 Å². The summed E-state index contributed by atoms with van der Waals surface area (Å²) in [6.45, 7) is 0.855. The highest BCUT2D eigenvalue weighted by Crippen LogP contribution is 2.33. The lowest BCUT2D eigenvalue weighted by Crippen LogP contribution is -2.22. The lowest BCUT2D eigenvalue weighted by atomic mass is 10.1. The maximum atomic E-state index is 6.04. The van der Waals surface area contributed by atoms with Gasteiger partial charge in [0.2, 0.25) is 5.82 Å². The molecule has 0 unspecified atom stereocenters. The Bertz CT molecular complexity index is 1200. The molecule has 0 radical (unpaired) electrons. The molecule has 31 heavy (non-hydrogen) atoms. The number of hydrogen-bond donors (Lipinski definition) is 0. The number of aromatic nitrogens is 5. The van der Waals surface area contributed by atoms with E-state index < -0.39 is 0 Å². The van der Waals surface area contributed by atoms with Crippen molar-refractivity contribution >= 4 is 11.6 Å². The predicted octanol–water partition coefficient (Wildman–Crippen LogP) is 3.94. The monoisotopic (exact) mass is 439 g/mol. The van der Waals surface area contributed by atoms with Gasteiger partial charge in [-0.05, 0) is 29.8 Å². The van der Waals surface area contributed by atoms with Crippen molar-refractivity contribution in [3.8, 4) is 34.5 Å². The Morgan fingerprint density at radius 1 is 1.06 bits per heavy atom. The number of nitrogens with zero attached hydrogens (tertiary/aromatic N) is 5. The van der Waals surface area contributed by atoms with Gasteiger partial charge >= 0.3 is 0 Å². The SMILES string of the molecule is COc1cc(OC)cc(-c2nc(-c3nnn4c3CO[C@@H](c3ccc(Cl)cc3)C4)no2)c1. The summed E-state index contributed by atoms with van der Waals surface area (Å²) in [5.74, 6) is 1.91. The second-order valence-electron chi connectivity index (χ2n) is 6.94. The van der Waals surface area contributed by atoms with Gasteiger partial charge in [0, 0.05) is 16.7 Å². The fourth-order valence-corrected chi connectivity index (χ4v) is 3.56. The molecule has 2 aromatic carbocycles. The average molecular weight is 440 g/mol. The molecule has 0 saturated heterocycles. The molecule has 5 rings (SSSR count). The van der Waals surface area contributed by atoms with Gasteiger partial charge in [-0.25, -0.2) is 4.68 Å². The summed E-state index contributed by atoms with van der Waals surface area (Å²) in [5, 5.41) is 13.3. The van der Waals surface area contributed by atoms with Gasteiger partial charge in [-0.2, -0.15) is 4.98 Å². The largest absolute Gasteiger partial charge is 0.497 e. The number of fused-ring (bicyclic) bond motifs is 1. The van der Waals surface area contributed by atoms with Crippen LogP contribution in [0, 0.1) is 0 Å². The smallest absolute Gasteiger partial charge is 0.258 e. The summed E-state index contributed by atoms with van der Waals surface area (Å²) >= 11 is 5.98. The normalized spacial score (nSPS) is 15.5. The van der Waals surface area contributed by atoms with Crippen LogP contribution in [0.2, 0.25) is 5.02 Å². The molecule has 1 atom stereocenters. The second kappa shape index (κ2) is 8.01. The van der Waals surface area contributed by atoms with E-state index in [1.165, 1.54) is 0 Å². The molecular formula is C21H18ClN5O4. The Balaban J connectivity index is 1.41. The molecule has 1 aliphatic heterocycles. The molecule has 3 heterocycles. The molecule has 0 amide bonds. The lowest BCUT2D eigenvalue weighted by molar-refractivity contribution is -0.00112. The standard InChI is InChI=1S/C21H18ClN5O4/c1-28-15-7-13(8-16(9-15)29-2)21-23-20(25-31-21)19-17-11-30-18(10-27(17)26-24-19)12-3-5-14(22)6-4-12/h3-9,18H,10-11H2,1-2H3/t18-/m1/s1. The zero-order valence-corrected chi connectivity index (χ0v) is 17.5. The zero-order valence-electron chi connectivity index (χ0n) is 16.8. The van der Waals surface area contributed by atoms with E-state index in [1.807, 2.05) is 28.9 Å². The van der Waals surface area contributed by atoms with Gasteiger partial charge < -0.3 is 18.7 Å².